The van der Waals surface area contributed by atoms with Gasteiger partial charge in [0.05, 0.1) is 33.3 Å². The number of fused-ring (bicyclic) bond motifs is 2. The van der Waals surface area contributed by atoms with Crippen molar-refractivity contribution >= 4 is 79.1 Å². The lowest BCUT2D eigenvalue weighted by molar-refractivity contribution is -0.139. The average Bonchev–Trinajstić information content (AvgIpc) is 3.61. The highest BCUT2D eigenvalue weighted by Crippen LogP contribution is 2.38. The Morgan fingerprint density at radius 3 is 1.52 bits per heavy atom. The van der Waals surface area contributed by atoms with Crippen LogP contribution < -0.4 is 0 Å². The van der Waals surface area contributed by atoms with Crippen LogP contribution >= 0.6 is 46.8 Å². The number of rotatable bonds is 9. The number of carbonyl (C=O) groups excluding carboxylic acids is 2. The summed E-state index contributed by atoms with van der Waals surface area (Å²) in [6, 6.07) is 13.0. The lowest BCUT2D eigenvalue weighted by Crippen LogP contribution is -2.05. The van der Waals surface area contributed by atoms with Crippen LogP contribution in [0.5, 0.6) is 0 Å². The smallest absolute Gasteiger partial charge is 0.318 e. The van der Waals surface area contributed by atoms with Gasteiger partial charge in [0, 0.05) is 0 Å². The summed E-state index contributed by atoms with van der Waals surface area (Å²) in [6.45, 7) is 0. The maximum atomic E-state index is 12.3. The first-order valence-electron chi connectivity index (χ1n) is 14.2. The van der Waals surface area contributed by atoms with Crippen molar-refractivity contribution < 1.29 is 18.0 Å². The van der Waals surface area contributed by atoms with Crippen LogP contribution in [0, 0.1) is 0 Å². The Morgan fingerprint density at radius 2 is 1.10 bits per heavy atom. The van der Waals surface area contributed by atoms with Gasteiger partial charge in [-0.1, -0.05) is 50.7 Å². The van der Waals surface area contributed by atoms with Crippen molar-refractivity contribution in [2.45, 2.75) is 97.6 Å². The fourth-order valence-corrected chi connectivity index (χ4v) is 9.01. The Kier molecular flexibility index (Phi) is 9.26. The highest BCUT2D eigenvalue weighted by atomic mass is 32.2. The molecule has 2 aliphatic rings. The molecule has 0 spiro atoms. The van der Waals surface area contributed by atoms with Crippen LogP contribution in [-0.2, 0) is 18.0 Å². The van der Waals surface area contributed by atoms with Gasteiger partial charge in [-0.05, 0) is 72.9 Å². The van der Waals surface area contributed by atoms with Crippen molar-refractivity contribution in [3.8, 4) is 0 Å². The molecule has 10 heteroatoms. The molecule has 0 aliphatic heterocycles. The van der Waals surface area contributed by atoms with Gasteiger partial charge in [0.2, 0.25) is 0 Å². The molecular weight excluding hydrogens is 581 g/mol. The SMILES string of the molecule is O=C(CCC(=O)OSc1nc2ccc(C3CCCCC3)cc2s1)OSc1nc2ccc(C3CCCCC3)cc2s1. The molecule has 0 saturated heterocycles. The van der Waals surface area contributed by atoms with Gasteiger partial charge in [-0.3, -0.25) is 9.59 Å². The number of hydrogen-bond donors (Lipinski definition) is 0. The lowest BCUT2D eigenvalue weighted by Gasteiger charge is -2.21. The van der Waals surface area contributed by atoms with E-state index < -0.39 is 11.9 Å². The highest BCUT2D eigenvalue weighted by Gasteiger charge is 2.19. The zero-order valence-corrected chi connectivity index (χ0v) is 25.5. The Bertz CT molecular complexity index is 1380. The van der Waals surface area contributed by atoms with Gasteiger partial charge in [0.1, 0.15) is 24.1 Å². The van der Waals surface area contributed by atoms with E-state index in [9.17, 15) is 9.59 Å². The molecule has 0 unspecified atom stereocenters. The fourth-order valence-electron chi connectivity index (χ4n) is 5.74. The van der Waals surface area contributed by atoms with E-state index in [1.165, 1.54) is 98.0 Å². The fraction of sp³-hybridized carbons (Fsp3) is 0.467. The summed E-state index contributed by atoms with van der Waals surface area (Å²) >= 11 is 4.99. The average molecular weight is 613 g/mol. The van der Waals surface area contributed by atoms with E-state index in [2.05, 4.69) is 46.4 Å². The summed E-state index contributed by atoms with van der Waals surface area (Å²) in [5.41, 5.74) is 4.61. The number of carbonyl (C=O) groups is 2. The summed E-state index contributed by atoms with van der Waals surface area (Å²) in [6.07, 6.45) is 12.8. The van der Waals surface area contributed by atoms with E-state index >= 15 is 0 Å². The van der Waals surface area contributed by atoms with E-state index in [1.807, 2.05) is 0 Å². The molecule has 2 aliphatic carbocycles. The molecule has 4 aromatic rings. The molecule has 0 radical (unpaired) electrons. The van der Waals surface area contributed by atoms with Crippen LogP contribution in [0.25, 0.3) is 20.4 Å². The molecule has 0 bridgehead atoms. The van der Waals surface area contributed by atoms with Gasteiger partial charge in [-0.25, -0.2) is 9.97 Å². The van der Waals surface area contributed by atoms with Crippen molar-refractivity contribution in [3.05, 3.63) is 47.5 Å². The molecule has 0 amide bonds. The minimum absolute atomic E-state index is 0.0479. The van der Waals surface area contributed by atoms with Gasteiger partial charge in [-0.15, -0.1) is 22.7 Å². The van der Waals surface area contributed by atoms with Crippen LogP contribution in [0.4, 0.5) is 0 Å². The van der Waals surface area contributed by atoms with E-state index in [-0.39, 0.29) is 12.8 Å². The van der Waals surface area contributed by atoms with Crippen molar-refractivity contribution in [2.75, 3.05) is 0 Å². The highest BCUT2D eigenvalue weighted by molar-refractivity contribution is 7.97. The van der Waals surface area contributed by atoms with Crippen molar-refractivity contribution in [2.24, 2.45) is 0 Å². The van der Waals surface area contributed by atoms with E-state index in [0.717, 1.165) is 44.5 Å². The number of benzene rings is 2. The molecule has 0 atom stereocenters. The Hall–Kier alpha value is -2.14. The van der Waals surface area contributed by atoms with Crippen molar-refractivity contribution in [3.63, 3.8) is 0 Å². The standard InChI is InChI=1S/C30H32N2O4S4/c33-27(35-39-29-31-23-13-11-21(17-25(23)37-29)19-7-3-1-4-8-19)15-16-28(34)36-40-30-32-24-14-12-22(18-26(24)38-30)20-9-5-2-6-10-20/h11-14,17-20H,1-10,15-16H2. The molecule has 2 fully saturated rings. The second kappa shape index (κ2) is 13.2. The zero-order valence-electron chi connectivity index (χ0n) is 22.3. The predicted molar refractivity (Wildman–Crippen MR) is 164 cm³/mol. The molecule has 2 aromatic heterocycles. The van der Waals surface area contributed by atoms with Gasteiger partial charge >= 0.3 is 11.9 Å². The first kappa shape index (κ1) is 28.0. The third-order valence-electron chi connectivity index (χ3n) is 7.88. The van der Waals surface area contributed by atoms with Crippen LogP contribution in [0.15, 0.2) is 45.1 Å². The largest absolute Gasteiger partial charge is 0.383 e. The third-order valence-corrected chi connectivity index (χ3v) is 11.4. The summed E-state index contributed by atoms with van der Waals surface area (Å²) in [4.78, 5) is 33.7. The number of hydrogen-bond acceptors (Lipinski definition) is 10. The third kappa shape index (κ3) is 7.01. The maximum absolute atomic E-state index is 12.3. The van der Waals surface area contributed by atoms with Gasteiger partial charge in [0.25, 0.3) is 0 Å². The van der Waals surface area contributed by atoms with E-state index in [0.29, 0.717) is 20.5 Å². The molecule has 2 heterocycles. The topological polar surface area (TPSA) is 78.4 Å². The second-order valence-corrected chi connectivity index (χ2v) is 14.7. The number of thiazole rings is 2. The predicted octanol–water partition coefficient (Wildman–Crippen LogP) is 9.58. The van der Waals surface area contributed by atoms with Crippen LogP contribution in [0.3, 0.4) is 0 Å². The molecular formula is C30H32N2O4S4. The Labute approximate surface area is 251 Å². The molecule has 40 heavy (non-hydrogen) atoms. The molecule has 0 N–H and O–H groups in total. The monoisotopic (exact) mass is 612 g/mol. The first-order chi connectivity index (χ1) is 19.6. The van der Waals surface area contributed by atoms with Crippen LogP contribution in [-0.4, -0.2) is 21.9 Å². The quantitative estimate of drug-likeness (QED) is 0.173. The molecule has 6 nitrogen and oxygen atoms in total. The van der Waals surface area contributed by atoms with Gasteiger partial charge in [0.15, 0.2) is 8.68 Å². The molecule has 2 saturated carbocycles. The summed E-state index contributed by atoms with van der Waals surface area (Å²) in [5, 5.41) is 0. The zero-order chi connectivity index (χ0) is 27.3. The second-order valence-electron chi connectivity index (χ2n) is 10.7. The number of nitrogens with zero attached hydrogens (tertiary/aromatic N) is 2. The molecule has 2 aromatic carbocycles. The summed E-state index contributed by atoms with van der Waals surface area (Å²) < 4.78 is 14.2. The first-order valence-corrected chi connectivity index (χ1v) is 17.3. The van der Waals surface area contributed by atoms with Crippen molar-refractivity contribution in [1.82, 2.24) is 9.97 Å². The van der Waals surface area contributed by atoms with Crippen molar-refractivity contribution in [1.29, 1.82) is 0 Å². The summed E-state index contributed by atoms with van der Waals surface area (Å²) in [5.74, 6) is 0.343. The van der Waals surface area contributed by atoms with E-state index in [4.69, 9.17) is 8.37 Å². The summed E-state index contributed by atoms with van der Waals surface area (Å²) in [7, 11) is 0. The molecule has 6 rings (SSSR count). The minimum atomic E-state index is -0.468. The minimum Gasteiger partial charge on any atom is -0.383 e. The van der Waals surface area contributed by atoms with Gasteiger partial charge < -0.3 is 8.37 Å². The molecule has 210 valence electrons. The van der Waals surface area contributed by atoms with Crippen LogP contribution in [0.1, 0.15) is 100 Å². The Balaban J connectivity index is 0.946. The number of aromatic nitrogens is 2. The lowest BCUT2D eigenvalue weighted by atomic mass is 9.84. The normalized spacial score (nSPS) is 16.9. The van der Waals surface area contributed by atoms with Crippen LogP contribution in [0.2, 0.25) is 0 Å². The maximum Gasteiger partial charge on any atom is 0.318 e. The van der Waals surface area contributed by atoms with Gasteiger partial charge in [-0.2, -0.15) is 0 Å². The van der Waals surface area contributed by atoms with E-state index in [1.54, 1.807) is 0 Å². The Morgan fingerprint density at radius 1 is 0.675 bits per heavy atom.